The van der Waals surface area contributed by atoms with E-state index in [-0.39, 0.29) is 11.5 Å². The molecule has 6 nitrogen and oxygen atoms in total. The van der Waals surface area contributed by atoms with E-state index in [4.69, 9.17) is 5.11 Å². The van der Waals surface area contributed by atoms with Crippen LogP contribution in [0.25, 0.3) is 0 Å². The summed E-state index contributed by atoms with van der Waals surface area (Å²) >= 11 is 0. The van der Waals surface area contributed by atoms with Crippen LogP contribution >= 0.6 is 0 Å². The number of H-pyrrole nitrogens is 1. The number of hydrogen-bond acceptors (Lipinski definition) is 4. The summed E-state index contributed by atoms with van der Waals surface area (Å²) in [4.78, 5) is 29.4. The Balaban J connectivity index is 2.10. The summed E-state index contributed by atoms with van der Waals surface area (Å²) < 4.78 is 0. The van der Waals surface area contributed by atoms with Gasteiger partial charge in [0.05, 0.1) is 5.41 Å². The molecule has 1 aromatic heterocycles. The molecule has 3 N–H and O–H groups in total. The Kier molecular flexibility index (Phi) is 3.11. The molecular formula is C12H17N3O3. The number of hydrogen-bond donors (Lipinski definition) is 3. The molecule has 0 atom stereocenters. The molecule has 6 heteroatoms. The Hall–Kier alpha value is -1.85. The molecule has 0 bridgehead atoms. The van der Waals surface area contributed by atoms with Crippen LogP contribution in [0, 0.1) is 5.41 Å². The molecule has 0 saturated heterocycles. The lowest BCUT2D eigenvalue weighted by molar-refractivity contribution is -0.142. The van der Waals surface area contributed by atoms with E-state index in [1.807, 2.05) is 13.8 Å². The normalized spacial score (nSPS) is 16.6. The first-order valence-electron chi connectivity index (χ1n) is 6.01. The zero-order chi connectivity index (χ0) is 13.3. The molecule has 0 amide bonds. The van der Waals surface area contributed by atoms with Gasteiger partial charge in [0.15, 0.2) is 0 Å². The van der Waals surface area contributed by atoms with Crippen molar-refractivity contribution in [1.82, 2.24) is 9.97 Å². The van der Waals surface area contributed by atoms with Gasteiger partial charge in [-0.3, -0.25) is 9.59 Å². The van der Waals surface area contributed by atoms with Crippen molar-refractivity contribution < 1.29 is 9.90 Å². The van der Waals surface area contributed by atoms with Crippen molar-refractivity contribution >= 4 is 11.8 Å². The fourth-order valence-corrected chi connectivity index (χ4v) is 1.72. The predicted molar refractivity (Wildman–Crippen MR) is 66.7 cm³/mol. The molecule has 0 aromatic carbocycles. The SMILES string of the molecule is CC(C)c1nc(NCC2(C(=O)O)CC2)cc(=O)[nH]1. The summed E-state index contributed by atoms with van der Waals surface area (Å²) in [5.74, 6) is 0.373. The third kappa shape index (κ3) is 2.52. The van der Waals surface area contributed by atoms with Crippen LogP contribution < -0.4 is 10.9 Å². The summed E-state index contributed by atoms with van der Waals surface area (Å²) in [5.41, 5.74) is -0.890. The molecule has 0 unspecified atom stereocenters. The molecule has 18 heavy (non-hydrogen) atoms. The molecule has 2 rings (SSSR count). The van der Waals surface area contributed by atoms with Gasteiger partial charge in [-0.25, -0.2) is 4.98 Å². The highest BCUT2D eigenvalue weighted by molar-refractivity contribution is 5.78. The summed E-state index contributed by atoms with van der Waals surface area (Å²) in [7, 11) is 0. The smallest absolute Gasteiger partial charge is 0.311 e. The zero-order valence-electron chi connectivity index (χ0n) is 10.5. The fraction of sp³-hybridized carbons (Fsp3) is 0.583. The number of carboxylic acids is 1. The van der Waals surface area contributed by atoms with Crippen molar-refractivity contribution in [3.05, 3.63) is 22.2 Å². The van der Waals surface area contributed by atoms with E-state index < -0.39 is 11.4 Å². The zero-order valence-corrected chi connectivity index (χ0v) is 10.5. The van der Waals surface area contributed by atoms with Crippen LogP contribution in [-0.4, -0.2) is 27.6 Å². The molecule has 98 valence electrons. The number of nitrogens with zero attached hydrogens (tertiary/aromatic N) is 1. The highest BCUT2D eigenvalue weighted by Gasteiger charge is 2.50. The maximum atomic E-state index is 11.4. The van der Waals surface area contributed by atoms with Crippen molar-refractivity contribution in [3.8, 4) is 0 Å². The molecule has 1 saturated carbocycles. The third-order valence-corrected chi connectivity index (χ3v) is 3.22. The van der Waals surface area contributed by atoms with Gasteiger partial charge in [-0.2, -0.15) is 0 Å². The second-order valence-electron chi connectivity index (χ2n) is 5.11. The standard InChI is InChI=1S/C12H17N3O3/c1-7(2)10-14-8(5-9(16)15-10)13-6-12(3-4-12)11(17)18/h5,7H,3-4,6H2,1-2H3,(H,17,18)(H2,13,14,15,16). The van der Waals surface area contributed by atoms with Crippen molar-refractivity contribution in [1.29, 1.82) is 0 Å². The lowest BCUT2D eigenvalue weighted by atomic mass is 10.1. The largest absolute Gasteiger partial charge is 0.481 e. The van der Waals surface area contributed by atoms with Crippen molar-refractivity contribution in [3.63, 3.8) is 0 Å². The maximum Gasteiger partial charge on any atom is 0.311 e. The van der Waals surface area contributed by atoms with E-state index in [0.29, 0.717) is 31.0 Å². The summed E-state index contributed by atoms with van der Waals surface area (Å²) in [6.07, 6.45) is 1.35. The van der Waals surface area contributed by atoms with Gasteiger partial charge in [0.2, 0.25) is 0 Å². The van der Waals surface area contributed by atoms with E-state index >= 15 is 0 Å². The van der Waals surface area contributed by atoms with E-state index in [1.165, 1.54) is 6.07 Å². The number of carbonyl (C=O) groups is 1. The average Bonchev–Trinajstić information content (AvgIpc) is 3.06. The molecule has 0 aliphatic heterocycles. The van der Waals surface area contributed by atoms with Gasteiger partial charge >= 0.3 is 5.97 Å². The van der Waals surface area contributed by atoms with Crippen LogP contribution in [0.5, 0.6) is 0 Å². The number of aliphatic carboxylic acids is 1. The molecule has 0 radical (unpaired) electrons. The number of anilines is 1. The Labute approximate surface area is 104 Å². The van der Waals surface area contributed by atoms with Crippen LogP contribution in [0.4, 0.5) is 5.82 Å². The Morgan fingerprint density at radius 3 is 2.78 bits per heavy atom. The monoisotopic (exact) mass is 251 g/mol. The van der Waals surface area contributed by atoms with Crippen LogP contribution in [0.2, 0.25) is 0 Å². The van der Waals surface area contributed by atoms with Crippen molar-refractivity contribution in [2.75, 3.05) is 11.9 Å². The van der Waals surface area contributed by atoms with Gasteiger partial charge in [0.1, 0.15) is 11.6 Å². The molecule has 1 fully saturated rings. The van der Waals surface area contributed by atoms with Gasteiger partial charge in [-0.05, 0) is 12.8 Å². The molecule has 1 heterocycles. The summed E-state index contributed by atoms with van der Waals surface area (Å²) in [6, 6.07) is 1.35. The van der Waals surface area contributed by atoms with Crippen molar-refractivity contribution in [2.45, 2.75) is 32.6 Å². The third-order valence-electron chi connectivity index (χ3n) is 3.22. The molecule has 0 spiro atoms. The first kappa shape index (κ1) is 12.6. The van der Waals surface area contributed by atoms with Gasteiger partial charge in [0, 0.05) is 18.5 Å². The quantitative estimate of drug-likeness (QED) is 0.730. The predicted octanol–water partition coefficient (Wildman–Crippen LogP) is 1.17. The number of nitrogens with one attached hydrogen (secondary N) is 2. The van der Waals surface area contributed by atoms with E-state index in [1.54, 1.807) is 0 Å². The minimum atomic E-state index is -0.788. The average molecular weight is 251 g/mol. The van der Waals surface area contributed by atoms with Crippen molar-refractivity contribution in [2.24, 2.45) is 5.41 Å². The Morgan fingerprint density at radius 1 is 1.61 bits per heavy atom. The second kappa shape index (κ2) is 4.44. The second-order valence-corrected chi connectivity index (χ2v) is 5.11. The fourth-order valence-electron chi connectivity index (χ4n) is 1.72. The highest BCUT2D eigenvalue weighted by atomic mass is 16.4. The molecule has 1 aliphatic carbocycles. The number of rotatable bonds is 5. The van der Waals surface area contributed by atoms with Crippen LogP contribution in [0.3, 0.4) is 0 Å². The van der Waals surface area contributed by atoms with Gasteiger partial charge in [-0.15, -0.1) is 0 Å². The first-order chi connectivity index (χ1) is 8.43. The number of aromatic nitrogens is 2. The van der Waals surface area contributed by atoms with E-state index in [0.717, 1.165) is 0 Å². The minimum absolute atomic E-state index is 0.119. The van der Waals surface area contributed by atoms with E-state index in [9.17, 15) is 9.59 Å². The lowest BCUT2D eigenvalue weighted by Gasteiger charge is -2.12. The van der Waals surface area contributed by atoms with E-state index in [2.05, 4.69) is 15.3 Å². The molecular weight excluding hydrogens is 234 g/mol. The molecule has 1 aromatic rings. The maximum absolute atomic E-state index is 11.4. The Morgan fingerprint density at radius 2 is 2.28 bits per heavy atom. The topological polar surface area (TPSA) is 95.1 Å². The summed E-state index contributed by atoms with van der Waals surface area (Å²) in [5, 5.41) is 12.0. The van der Waals surface area contributed by atoms with Crippen LogP contribution in [0.15, 0.2) is 10.9 Å². The van der Waals surface area contributed by atoms with Gasteiger partial charge in [-0.1, -0.05) is 13.8 Å². The number of aromatic amines is 1. The van der Waals surface area contributed by atoms with Crippen LogP contribution in [0.1, 0.15) is 38.4 Å². The minimum Gasteiger partial charge on any atom is -0.481 e. The first-order valence-corrected chi connectivity index (χ1v) is 6.01. The highest BCUT2D eigenvalue weighted by Crippen LogP contribution is 2.45. The van der Waals surface area contributed by atoms with Gasteiger partial charge in [0.25, 0.3) is 5.56 Å². The lowest BCUT2D eigenvalue weighted by Crippen LogP contribution is -2.25. The van der Waals surface area contributed by atoms with Gasteiger partial charge < -0.3 is 15.4 Å². The Bertz CT molecular complexity index is 518. The summed E-state index contributed by atoms with van der Waals surface area (Å²) in [6.45, 7) is 4.18. The molecule has 1 aliphatic rings. The number of carboxylic acid groups (broad SMARTS) is 1. The van der Waals surface area contributed by atoms with Crippen LogP contribution in [-0.2, 0) is 4.79 Å².